The Labute approximate surface area is 114 Å². The van der Waals surface area contributed by atoms with Crippen molar-refractivity contribution in [2.24, 2.45) is 7.05 Å². The van der Waals surface area contributed by atoms with E-state index < -0.39 is 0 Å². The third kappa shape index (κ3) is 2.25. The number of aryl methyl sites for hydroxylation is 2. The van der Waals surface area contributed by atoms with E-state index in [9.17, 15) is 4.79 Å². The molecule has 102 valence electrons. The molecule has 0 bridgehead atoms. The minimum atomic E-state index is -0.196. The Morgan fingerprint density at radius 1 is 1.20 bits per heavy atom. The van der Waals surface area contributed by atoms with Gasteiger partial charge in [0.05, 0.1) is 23.7 Å². The molecule has 0 spiro atoms. The second-order valence-electron chi connectivity index (χ2n) is 4.47. The Bertz CT molecular complexity index is 797. The van der Waals surface area contributed by atoms with Gasteiger partial charge in [0, 0.05) is 37.6 Å². The fraction of sp³-hybridized carbons (Fsp3) is 0.231. The fourth-order valence-corrected chi connectivity index (χ4v) is 1.95. The first-order valence-electron chi connectivity index (χ1n) is 6.29. The van der Waals surface area contributed by atoms with Crippen LogP contribution in [0.1, 0.15) is 6.92 Å². The van der Waals surface area contributed by atoms with Crippen molar-refractivity contribution < 1.29 is 0 Å². The van der Waals surface area contributed by atoms with Crippen molar-refractivity contribution in [3.8, 4) is 22.6 Å². The highest BCUT2D eigenvalue weighted by atomic mass is 16.1. The van der Waals surface area contributed by atoms with Gasteiger partial charge in [0.15, 0.2) is 0 Å². The van der Waals surface area contributed by atoms with Crippen LogP contribution in [0.2, 0.25) is 0 Å². The summed E-state index contributed by atoms with van der Waals surface area (Å²) in [5, 5.41) is 8.28. The van der Waals surface area contributed by atoms with Crippen molar-refractivity contribution in [2.75, 3.05) is 0 Å². The van der Waals surface area contributed by atoms with E-state index in [-0.39, 0.29) is 5.56 Å². The van der Waals surface area contributed by atoms with E-state index in [4.69, 9.17) is 0 Å². The van der Waals surface area contributed by atoms with Crippen LogP contribution in [0.4, 0.5) is 0 Å². The maximum absolute atomic E-state index is 11.8. The SMILES string of the molecule is CCn1cc(-c2nc(-c3cnn(C)c3)cc(=O)[nH]2)cn1. The summed E-state index contributed by atoms with van der Waals surface area (Å²) < 4.78 is 3.46. The lowest BCUT2D eigenvalue weighted by molar-refractivity contribution is 0.660. The number of aromatic nitrogens is 6. The second-order valence-corrected chi connectivity index (χ2v) is 4.47. The summed E-state index contributed by atoms with van der Waals surface area (Å²) in [6.45, 7) is 2.77. The summed E-state index contributed by atoms with van der Waals surface area (Å²) in [5.41, 5.74) is 2.00. The number of aromatic amines is 1. The highest BCUT2D eigenvalue weighted by molar-refractivity contribution is 5.61. The lowest BCUT2D eigenvalue weighted by Gasteiger charge is -2.00. The fourth-order valence-electron chi connectivity index (χ4n) is 1.95. The minimum absolute atomic E-state index is 0.196. The largest absolute Gasteiger partial charge is 0.306 e. The first-order chi connectivity index (χ1) is 9.65. The Morgan fingerprint density at radius 3 is 2.65 bits per heavy atom. The number of rotatable bonds is 3. The molecule has 0 radical (unpaired) electrons. The second kappa shape index (κ2) is 4.76. The van der Waals surface area contributed by atoms with Crippen molar-refractivity contribution >= 4 is 0 Å². The van der Waals surface area contributed by atoms with Crippen molar-refractivity contribution in [3.05, 3.63) is 41.2 Å². The van der Waals surface area contributed by atoms with E-state index in [1.54, 1.807) is 21.8 Å². The molecule has 0 saturated carbocycles. The highest BCUT2D eigenvalue weighted by Crippen LogP contribution is 2.18. The van der Waals surface area contributed by atoms with Crippen LogP contribution in [0.15, 0.2) is 35.6 Å². The summed E-state index contributed by atoms with van der Waals surface area (Å²) in [6.07, 6.45) is 7.04. The van der Waals surface area contributed by atoms with Gasteiger partial charge >= 0.3 is 0 Å². The lowest BCUT2D eigenvalue weighted by Crippen LogP contribution is -2.08. The topological polar surface area (TPSA) is 81.4 Å². The van der Waals surface area contributed by atoms with Crippen molar-refractivity contribution in [3.63, 3.8) is 0 Å². The quantitative estimate of drug-likeness (QED) is 0.771. The summed E-state index contributed by atoms with van der Waals surface area (Å²) in [6, 6.07) is 1.46. The zero-order chi connectivity index (χ0) is 14.1. The molecule has 0 aliphatic heterocycles. The molecule has 0 fully saturated rings. The van der Waals surface area contributed by atoms with Crippen LogP contribution in [-0.4, -0.2) is 29.5 Å². The minimum Gasteiger partial charge on any atom is -0.306 e. The molecule has 3 aromatic heterocycles. The van der Waals surface area contributed by atoms with Crippen LogP contribution in [0.25, 0.3) is 22.6 Å². The van der Waals surface area contributed by atoms with Crippen molar-refractivity contribution in [2.45, 2.75) is 13.5 Å². The number of hydrogen-bond donors (Lipinski definition) is 1. The van der Waals surface area contributed by atoms with Gasteiger partial charge in [-0.05, 0) is 6.92 Å². The zero-order valence-electron chi connectivity index (χ0n) is 11.2. The molecule has 20 heavy (non-hydrogen) atoms. The van der Waals surface area contributed by atoms with Gasteiger partial charge in [-0.2, -0.15) is 10.2 Å². The predicted octanol–water partition coefficient (Wildman–Crippen LogP) is 1.05. The maximum atomic E-state index is 11.8. The molecule has 0 atom stereocenters. The van der Waals surface area contributed by atoms with Crippen LogP contribution in [0.5, 0.6) is 0 Å². The third-order valence-electron chi connectivity index (χ3n) is 2.97. The Hall–Kier alpha value is -2.70. The third-order valence-corrected chi connectivity index (χ3v) is 2.97. The van der Waals surface area contributed by atoms with Crippen molar-refractivity contribution in [1.82, 2.24) is 29.5 Å². The Balaban J connectivity index is 2.08. The number of nitrogens with one attached hydrogen (secondary N) is 1. The molecule has 0 aliphatic rings. The van der Waals surface area contributed by atoms with E-state index in [0.717, 1.165) is 17.7 Å². The molecule has 3 heterocycles. The molecule has 7 nitrogen and oxygen atoms in total. The highest BCUT2D eigenvalue weighted by Gasteiger charge is 2.09. The first-order valence-corrected chi connectivity index (χ1v) is 6.29. The van der Waals surface area contributed by atoms with Gasteiger partial charge in [0.2, 0.25) is 0 Å². The van der Waals surface area contributed by atoms with E-state index in [1.807, 2.05) is 26.4 Å². The smallest absolute Gasteiger partial charge is 0.251 e. The average molecular weight is 270 g/mol. The van der Waals surface area contributed by atoms with Crippen LogP contribution in [0.3, 0.4) is 0 Å². The molecule has 1 N–H and O–H groups in total. The van der Waals surface area contributed by atoms with Crippen LogP contribution in [-0.2, 0) is 13.6 Å². The molecule has 0 unspecified atom stereocenters. The average Bonchev–Trinajstić information content (AvgIpc) is 3.06. The summed E-state index contributed by atoms with van der Waals surface area (Å²) >= 11 is 0. The van der Waals surface area contributed by atoms with E-state index >= 15 is 0 Å². The number of H-pyrrole nitrogens is 1. The molecule has 3 aromatic rings. The predicted molar refractivity (Wildman–Crippen MR) is 74.0 cm³/mol. The van der Waals surface area contributed by atoms with Crippen molar-refractivity contribution in [1.29, 1.82) is 0 Å². The monoisotopic (exact) mass is 270 g/mol. The van der Waals surface area contributed by atoms with Crippen LogP contribution < -0.4 is 5.56 Å². The van der Waals surface area contributed by atoms with Crippen LogP contribution >= 0.6 is 0 Å². The number of hydrogen-bond acceptors (Lipinski definition) is 4. The van der Waals surface area contributed by atoms with Gasteiger partial charge in [0.25, 0.3) is 5.56 Å². The molecule has 0 saturated heterocycles. The molecular weight excluding hydrogens is 256 g/mol. The summed E-state index contributed by atoms with van der Waals surface area (Å²) in [5.74, 6) is 0.510. The van der Waals surface area contributed by atoms with Gasteiger partial charge < -0.3 is 4.98 Å². The summed E-state index contributed by atoms with van der Waals surface area (Å²) in [4.78, 5) is 19.0. The molecule has 0 aliphatic carbocycles. The van der Waals surface area contributed by atoms with Crippen LogP contribution in [0, 0.1) is 0 Å². The Morgan fingerprint density at radius 2 is 2.00 bits per heavy atom. The van der Waals surface area contributed by atoms with Gasteiger partial charge in [-0.25, -0.2) is 4.98 Å². The molecular formula is C13H14N6O. The standard InChI is InChI=1S/C13H14N6O/c1-3-19-8-10(6-15-19)13-16-11(4-12(20)17-13)9-5-14-18(2)7-9/h4-8H,3H2,1-2H3,(H,16,17,20). The molecule has 3 rings (SSSR count). The van der Waals surface area contributed by atoms with E-state index in [0.29, 0.717) is 11.5 Å². The normalized spacial score (nSPS) is 10.9. The van der Waals surface area contributed by atoms with Gasteiger partial charge in [-0.1, -0.05) is 0 Å². The molecule has 0 amide bonds. The van der Waals surface area contributed by atoms with Gasteiger partial charge in [-0.15, -0.1) is 0 Å². The zero-order valence-corrected chi connectivity index (χ0v) is 11.2. The van der Waals surface area contributed by atoms with Gasteiger partial charge in [-0.3, -0.25) is 14.2 Å². The molecule has 7 heteroatoms. The molecule has 0 aromatic carbocycles. The Kier molecular flexibility index (Phi) is 2.94. The maximum Gasteiger partial charge on any atom is 0.251 e. The van der Waals surface area contributed by atoms with Gasteiger partial charge in [0.1, 0.15) is 5.82 Å². The summed E-state index contributed by atoms with van der Waals surface area (Å²) in [7, 11) is 1.82. The number of nitrogens with zero attached hydrogens (tertiary/aromatic N) is 5. The lowest BCUT2D eigenvalue weighted by atomic mass is 10.2. The van der Waals surface area contributed by atoms with E-state index in [1.165, 1.54) is 6.07 Å². The first kappa shape index (κ1) is 12.3. The van der Waals surface area contributed by atoms with E-state index in [2.05, 4.69) is 20.2 Å².